The van der Waals surface area contributed by atoms with Crippen LogP contribution >= 0.6 is 0 Å². The first-order valence-corrected chi connectivity index (χ1v) is 16.1. The van der Waals surface area contributed by atoms with E-state index in [0.717, 1.165) is 48.9 Å². The molecule has 4 saturated carbocycles. The molecule has 0 aliphatic heterocycles. The third-order valence-electron chi connectivity index (χ3n) is 10.7. The predicted molar refractivity (Wildman–Crippen MR) is 170 cm³/mol. The van der Waals surface area contributed by atoms with Gasteiger partial charge in [-0.1, -0.05) is 37.3 Å². The quantitative estimate of drug-likeness (QED) is 0.282. The van der Waals surface area contributed by atoms with Crippen LogP contribution < -0.4 is 4.90 Å². The van der Waals surface area contributed by atoms with Crippen molar-refractivity contribution in [1.29, 1.82) is 0 Å². The molecule has 2 amide bonds. The van der Waals surface area contributed by atoms with Gasteiger partial charge >= 0.3 is 0 Å². The predicted octanol–water partition coefficient (Wildman–Crippen LogP) is 6.65. The molecule has 1 aromatic heterocycles. The van der Waals surface area contributed by atoms with Gasteiger partial charge in [0.15, 0.2) is 0 Å². The summed E-state index contributed by atoms with van der Waals surface area (Å²) >= 11 is 0. The number of benzene rings is 2. The van der Waals surface area contributed by atoms with E-state index in [-0.39, 0.29) is 29.8 Å². The van der Waals surface area contributed by atoms with Crippen molar-refractivity contribution in [2.75, 3.05) is 32.1 Å². The first-order chi connectivity index (χ1) is 20.2. The van der Waals surface area contributed by atoms with Crippen LogP contribution in [0.4, 0.5) is 5.69 Å². The van der Waals surface area contributed by atoms with Gasteiger partial charge in [-0.2, -0.15) is 0 Å². The van der Waals surface area contributed by atoms with E-state index >= 15 is 0 Å². The molecule has 7 rings (SSSR count). The fourth-order valence-corrected chi connectivity index (χ4v) is 8.58. The van der Waals surface area contributed by atoms with Gasteiger partial charge in [0.2, 0.25) is 11.8 Å². The maximum atomic E-state index is 14.5. The number of nitrogens with one attached hydrogen (secondary N) is 1. The molecular formula is C36H48N4O2. The molecule has 1 unspecified atom stereocenters. The molecule has 42 heavy (non-hydrogen) atoms. The van der Waals surface area contributed by atoms with E-state index in [9.17, 15) is 9.59 Å². The highest BCUT2D eigenvalue weighted by Gasteiger charge is 2.56. The highest BCUT2D eigenvalue weighted by molar-refractivity contribution is 5.89. The lowest BCUT2D eigenvalue weighted by atomic mass is 9.49. The van der Waals surface area contributed by atoms with Crippen LogP contribution in [0.15, 0.2) is 54.7 Å². The van der Waals surface area contributed by atoms with Crippen LogP contribution in [0.5, 0.6) is 0 Å². The van der Waals surface area contributed by atoms with Gasteiger partial charge < -0.3 is 19.7 Å². The van der Waals surface area contributed by atoms with Crippen molar-refractivity contribution in [3.8, 4) is 0 Å². The van der Waals surface area contributed by atoms with Gasteiger partial charge in [-0.3, -0.25) is 9.59 Å². The summed E-state index contributed by atoms with van der Waals surface area (Å²) in [5.41, 5.74) is 4.34. The Kier molecular flexibility index (Phi) is 8.08. The molecule has 0 spiro atoms. The minimum Gasteiger partial charge on any atom is -0.378 e. The number of rotatable bonds is 11. The molecular weight excluding hydrogens is 520 g/mol. The number of para-hydroxylation sites is 1. The van der Waals surface area contributed by atoms with Crippen molar-refractivity contribution in [2.45, 2.75) is 77.8 Å². The van der Waals surface area contributed by atoms with Crippen molar-refractivity contribution < 1.29 is 9.59 Å². The summed E-state index contributed by atoms with van der Waals surface area (Å²) in [6.07, 6.45) is 10.7. The number of carbonyl (C=O) groups is 2. The maximum Gasteiger partial charge on any atom is 0.242 e. The Balaban J connectivity index is 1.23. The van der Waals surface area contributed by atoms with Gasteiger partial charge in [-0.15, -0.1) is 0 Å². The Morgan fingerprint density at radius 1 is 0.952 bits per heavy atom. The first-order valence-electron chi connectivity index (χ1n) is 16.1. The molecule has 6 heteroatoms. The van der Waals surface area contributed by atoms with E-state index in [4.69, 9.17) is 0 Å². The Bertz CT molecular complexity index is 1370. The number of fused-ring (bicyclic) bond motifs is 1. The van der Waals surface area contributed by atoms with Crippen LogP contribution in [0.1, 0.15) is 69.9 Å². The number of aromatic amines is 1. The Morgan fingerprint density at radius 2 is 1.60 bits per heavy atom. The number of hydrogen-bond acceptors (Lipinski definition) is 3. The number of anilines is 1. The van der Waals surface area contributed by atoms with Crippen LogP contribution in [0.25, 0.3) is 10.9 Å². The van der Waals surface area contributed by atoms with E-state index in [1.54, 1.807) is 0 Å². The van der Waals surface area contributed by atoms with Crippen molar-refractivity contribution in [3.63, 3.8) is 0 Å². The number of amides is 2. The van der Waals surface area contributed by atoms with Crippen LogP contribution in [0, 0.1) is 23.2 Å². The smallest absolute Gasteiger partial charge is 0.242 e. The lowest BCUT2D eigenvalue weighted by Crippen LogP contribution is -2.57. The van der Waals surface area contributed by atoms with E-state index < -0.39 is 0 Å². The van der Waals surface area contributed by atoms with Gasteiger partial charge in [0.25, 0.3) is 0 Å². The normalized spacial score (nSPS) is 25.0. The average Bonchev–Trinajstić information content (AvgIpc) is 3.39. The molecule has 4 aliphatic carbocycles. The summed E-state index contributed by atoms with van der Waals surface area (Å²) in [5.74, 6) is 2.41. The third kappa shape index (κ3) is 5.69. The van der Waals surface area contributed by atoms with Gasteiger partial charge in [-0.25, -0.2) is 0 Å². The summed E-state index contributed by atoms with van der Waals surface area (Å²) in [7, 11) is 4.08. The second kappa shape index (κ2) is 11.8. The fourth-order valence-electron chi connectivity index (χ4n) is 8.58. The van der Waals surface area contributed by atoms with E-state index in [2.05, 4.69) is 72.4 Å². The van der Waals surface area contributed by atoms with Crippen LogP contribution in [0.2, 0.25) is 0 Å². The standard InChI is InChI=1S/C36H48N4O2/c1-5-25(2)40(35(42)36-19-27-16-28(20-36)18-29(17-27)21-36)24-34(41)39(23-26-10-12-31(13-11-26)38(3)4)15-14-30-22-37-33-9-7-6-8-32(30)33/h6-13,22,25,27-29,37H,5,14-21,23-24H2,1-4H3. The zero-order valence-electron chi connectivity index (χ0n) is 25.9. The largest absolute Gasteiger partial charge is 0.378 e. The number of carbonyl (C=O) groups excluding carboxylic acids is 2. The van der Waals surface area contributed by atoms with E-state index in [0.29, 0.717) is 30.8 Å². The van der Waals surface area contributed by atoms with Crippen molar-refractivity contribution in [3.05, 3.63) is 65.9 Å². The molecule has 4 fully saturated rings. The summed E-state index contributed by atoms with van der Waals surface area (Å²) in [4.78, 5) is 38.1. The Hall–Kier alpha value is -3.28. The molecule has 4 bridgehead atoms. The summed E-state index contributed by atoms with van der Waals surface area (Å²) in [5, 5.41) is 1.21. The summed E-state index contributed by atoms with van der Waals surface area (Å²) < 4.78 is 0. The van der Waals surface area contributed by atoms with Crippen molar-refractivity contribution in [1.82, 2.24) is 14.8 Å². The second-order valence-electron chi connectivity index (χ2n) is 13.9. The Labute approximate surface area is 251 Å². The van der Waals surface area contributed by atoms with Gasteiger partial charge in [0.05, 0.1) is 5.41 Å². The molecule has 6 nitrogen and oxygen atoms in total. The Morgan fingerprint density at radius 3 is 2.21 bits per heavy atom. The first kappa shape index (κ1) is 28.8. The molecule has 1 heterocycles. The fraction of sp³-hybridized carbons (Fsp3) is 0.556. The lowest BCUT2D eigenvalue weighted by molar-refractivity contribution is -0.162. The topological polar surface area (TPSA) is 59.7 Å². The number of nitrogens with zero attached hydrogens (tertiary/aromatic N) is 3. The van der Waals surface area contributed by atoms with Crippen molar-refractivity contribution >= 4 is 28.4 Å². The zero-order valence-corrected chi connectivity index (χ0v) is 25.9. The molecule has 1 atom stereocenters. The van der Waals surface area contributed by atoms with Crippen LogP contribution in [0.3, 0.4) is 0 Å². The maximum absolute atomic E-state index is 14.5. The molecule has 4 aliphatic rings. The molecule has 2 aromatic carbocycles. The summed E-state index contributed by atoms with van der Waals surface area (Å²) in [6.45, 7) is 5.57. The number of aromatic nitrogens is 1. The van der Waals surface area contributed by atoms with Crippen molar-refractivity contribution in [2.24, 2.45) is 23.2 Å². The van der Waals surface area contributed by atoms with Gasteiger partial charge in [-0.05, 0) is 105 Å². The molecule has 224 valence electrons. The number of hydrogen-bond donors (Lipinski definition) is 1. The average molecular weight is 569 g/mol. The van der Waals surface area contributed by atoms with E-state index in [1.165, 1.54) is 30.2 Å². The molecule has 1 N–H and O–H groups in total. The zero-order chi connectivity index (χ0) is 29.4. The molecule has 3 aromatic rings. The SMILES string of the molecule is CCC(C)N(CC(=O)N(CCc1c[nH]c2ccccc12)Cc1ccc(N(C)C)cc1)C(=O)C12CC3CC(CC(C3)C1)C2. The van der Waals surface area contributed by atoms with E-state index in [1.807, 2.05) is 30.0 Å². The number of H-pyrrole nitrogens is 1. The highest BCUT2D eigenvalue weighted by atomic mass is 16.2. The summed E-state index contributed by atoms with van der Waals surface area (Å²) in [6, 6.07) is 16.8. The lowest BCUT2D eigenvalue weighted by Gasteiger charge is -2.57. The highest BCUT2D eigenvalue weighted by Crippen LogP contribution is 2.60. The minimum atomic E-state index is -0.241. The molecule has 0 radical (unpaired) electrons. The second-order valence-corrected chi connectivity index (χ2v) is 13.9. The van der Waals surface area contributed by atoms with Gasteiger partial charge in [0.1, 0.15) is 6.54 Å². The monoisotopic (exact) mass is 568 g/mol. The van der Waals surface area contributed by atoms with Gasteiger partial charge in [0, 0.05) is 56.0 Å². The molecule has 0 saturated heterocycles. The van der Waals surface area contributed by atoms with Crippen LogP contribution in [-0.2, 0) is 22.6 Å². The third-order valence-corrected chi connectivity index (χ3v) is 10.7. The minimum absolute atomic E-state index is 0.0456. The van der Waals surface area contributed by atoms with Crippen LogP contribution in [-0.4, -0.2) is 59.8 Å².